The van der Waals surface area contributed by atoms with Crippen LogP contribution in [-0.4, -0.2) is 34.8 Å². The molecule has 1 amide bonds. The van der Waals surface area contributed by atoms with Crippen LogP contribution in [0.25, 0.3) is 22.4 Å². The van der Waals surface area contributed by atoms with Crippen molar-refractivity contribution in [3.05, 3.63) is 101 Å². The van der Waals surface area contributed by atoms with Crippen molar-refractivity contribution < 1.29 is 13.2 Å². The van der Waals surface area contributed by atoms with Gasteiger partial charge in [-0.05, 0) is 56.2 Å². The molecule has 222 valence electrons. The molecule has 3 aromatic carbocycles. The summed E-state index contributed by atoms with van der Waals surface area (Å²) in [6, 6.07) is 27.8. The summed E-state index contributed by atoms with van der Waals surface area (Å²) >= 11 is 2.37. The molecule has 0 fully saturated rings. The lowest BCUT2D eigenvalue weighted by Crippen LogP contribution is -2.25. The van der Waals surface area contributed by atoms with Crippen LogP contribution in [-0.2, 0) is 14.8 Å². The molecular weight excluding hydrogens is 613 g/mol. The van der Waals surface area contributed by atoms with E-state index in [0.717, 1.165) is 33.6 Å². The van der Waals surface area contributed by atoms with E-state index in [4.69, 9.17) is 4.98 Å². The number of carbonyl (C=O) groups excluding carboxylic acids is 1. The molecule has 0 saturated heterocycles. The number of nitriles is 1. The van der Waals surface area contributed by atoms with E-state index in [9.17, 15) is 18.5 Å². The number of amides is 1. The van der Waals surface area contributed by atoms with E-state index in [2.05, 4.69) is 26.3 Å². The molecule has 2 aromatic heterocycles. The molecule has 5 aromatic rings. The zero-order valence-corrected chi connectivity index (χ0v) is 26.6. The van der Waals surface area contributed by atoms with Gasteiger partial charge in [-0.15, -0.1) is 10.2 Å². The van der Waals surface area contributed by atoms with Gasteiger partial charge in [0.15, 0.2) is 0 Å². The Morgan fingerprint density at radius 1 is 0.977 bits per heavy atom. The Bertz CT molecular complexity index is 1940. The third kappa shape index (κ3) is 7.14. The molecule has 0 spiro atoms. The Hall–Kier alpha value is -4.57. The second-order valence-corrected chi connectivity index (χ2v) is 13.9. The standard InChI is InChI=1S/C32H28N6O3S3/c1-4-29(30(39)34-24-14-16-25(17-15-24)44(40,41)38-32-37-36-21(3)42-32)43-31-27(19-33)26(22-12-10-20(2)11-13-22)18-28(35-31)23-8-6-5-7-9-23/h5-18,29H,4H2,1-3H3,(H,34,39)(H,37,38). The fourth-order valence-corrected chi connectivity index (χ4v) is 7.19. The van der Waals surface area contributed by atoms with E-state index >= 15 is 0 Å². The number of pyridine rings is 1. The fourth-order valence-electron chi connectivity index (χ4n) is 4.34. The van der Waals surface area contributed by atoms with Crippen molar-refractivity contribution in [3.63, 3.8) is 0 Å². The Morgan fingerprint density at radius 2 is 1.68 bits per heavy atom. The Kier molecular flexibility index (Phi) is 9.39. The molecule has 0 aliphatic heterocycles. The lowest BCUT2D eigenvalue weighted by atomic mass is 9.98. The highest BCUT2D eigenvalue weighted by molar-refractivity contribution is 8.00. The summed E-state index contributed by atoms with van der Waals surface area (Å²) < 4.78 is 27.9. The first-order valence-corrected chi connectivity index (χ1v) is 16.8. The molecule has 9 nitrogen and oxygen atoms in total. The molecule has 1 unspecified atom stereocenters. The van der Waals surface area contributed by atoms with Gasteiger partial charge in [0.1, 0.15) is 16.1 Å². The van der Waals surface area contributed by atoms with E-state index in [1.54, 1.807) is 6.92 Å². The third-order valence-corrected chi connectivity index (χ3v) is 10.2. The van der Waals surface area contributed by atoms with Crippen LogP contribution in [0.5, 0.6) is 0 Å². The maximum atomic E-state index is 13.4. The molecular formula is C32H28N6O3S3. The molecule has 1 atom stereocenters. The number of aromatic nitrogens is 3. The quantitative estimate of drug-likeness (QED) is 0.155. The number of nitrogens with one attached hydrogen (secondary N) is 2. The minimum atomic E-state index is -3.87. The van der Waals surface area contributed by atoms with Gasteiger partial charge in [-0.2, -0.15) is 5.26 Å². The topological polar surface area (TPSA) is 138 Å². The van der Waals surface area contributed by atoms with Gasteiger partial charge >= 0.3 is 0 Å². The summed E-state index contributed by atoms with van der Waals surface area (Å²) in [5.41, 5.74) is 5.17. The van der Waals surface area contributed by atoms with E-state index in [1.165, 1.54) is 36.0 Å². The smallest absolute Gasteiger partial charge is 0.263 e. The number of sulfonamides is 1. The van der Waals surface area contributed by atoms with Gasteiger partial charge in [-0.3, -0.25) is 9.52 Å². The first kappa shape index (κ1) is 30.9. The molecule has 0 saturated carbocycles. The lowest BCUT2D eigenvalue weighted by molar-refractivity contribution is -0.115. The van der Waals surface area contributed by atoms with Crippen LogP contribution in [0.15, 0.2) is 94.9 Å². The number of hydrogen-bond donors (Lipinski definition) is 2. The maximum Gasteiger partial charge on any atom is 0.263 e. The maximum absolute atomic E-state index is 13.4. The number of rotatable bonds is 10. The molecule has 0 bridgehead atoms. The van der Waals surface area contributed by atoms with Crippen LogP contribution in [0.2, 0.25) is 0 Å². The van der Waals surface area contributed by atoms with E-state index in [-0.39, 0.29) is 15.9 Å². The average Bonchev–Trinajstić information content (AvgIpc) is 3.43. The summed E-state index contributed by atoms with van der Waals surface area (Å²) in [7, 11) is -3.87. The Labute approximate surface area is 264 Å². The van der Waals surface area contributed by atoms with E-state index in [0.29, 0.717) is 33.4 Å². The molecule has 0 aliphatic carbocycles. The van der Waals surface area contributed by atoms with Crippen LogP contribution < -0.4 is 10.0 Å². The van der Waals surface area contributed by atoms with Crippen molar-refractivity contribution in [1.82, 2.24) is 15.2 Å². The van der Waals surface area contributed by atoms with Crippen molar-refractivity contribution >= 4 is 49.8 Å². The normalized spacial score (nSPS) is 11.9. The second kappa shape index (κ2) is 13.4. The van der Waals surface area contributed by atoms with Crippen molar-refractivity contribution in [2.45, 2.75) is 42.4 Å². The number of carbonyl (C=O) groups is 1. The van der Waals surface area contributed by atoms with Crippen molar-refractivity contribution in [1.29, 1.82) is 5.26 Å². The van der Waals surface area contributed by atoms with Gasteiger partial charge in [0.05, 0.1) is 21.4 Å². The Morgan fingerprint density at radius 3 is 2.30 bits per heavy atom. The average molecular weight is 641 g/mol. The summed E-state index contributed by atoms with van der Waals surface area (Å²) in [6.45, 7) is 5.63. The minimum absolute atomic E-state index is 0.0222. The number of aryl methyl sites for hydroxylation is 2. The third-order valence-electron chi connectivity index (χ3n) is 6.63. The van der Waals surface area contributed by atoms with Crippen LogP contribution in [0, 0.1) is 25.2 Å². The van der Waals surface area contributed by atoms with Crippen molar-refractivity contribution in [2.75, 3.05) is 10.0 Å². The van der Waals surface area contributed by atoms with Gasteiger partial charge in [0.25, 0.3) is 10.0 Å². The lowest BCUT2D eigenvalue weighted by Gasteiger charge is -2.18. The zero-order chi connectivity index (χ0) is 31.3. The van der Waals surface area contributed by atoms with Gasteiger partial charge in [0, 0.05) is 16.8 Å². The predicted molar refractivity (Wildman–Crippen MR) is 175 cm³/mol. The largest absolute Gasteiger partial charge is 0.325 e. The molecule has 5 rings (SSSR count). The van der Waals surface area contributed by atoms with Crippen LogP contribution in [0.4, 0.5) is 10.8 Å². The highest BCUT2D eigenvalue weighted by Crippen LogP contribution is 2.37. The second-order valence-electron chi connectivity index (χ2n) is 9.84. The number of anilines is 2. The van der Waals surface area contributed by atoms with Crippen molar-refractivity contribution in [3.8, 4) is 28.5 Å². The highest BCUT2D eigenvalue weighted by Gasteiger charge is 2.24. The number of benzene rings is 3. The van der Waals surface area contributed by atoms with Gasteiger partial charge in [-0.25, -0.2) is 13.4 Å². The van der Waals surface area contributed by atoms with Gasteiger partial charge in [0.2, 0.25) is 11.0 Å². The highest BCUT2D eigenvalue weighted by atomic mass is 32.2. The summed E-state index contributed by atoms with van der Waals surface area (Å²) in [6.07, 6.45) is 0.468. The summed E-state index contributed by atoms with van der Waals surface area (Å²) in [5, 5.41) is 21.5. The first-order valence-electron chi connectivity index (χ1n) is 13.6. The number of hydrogen-bond acceptors (Lipinski definition) is 9. The predicted octanol–water partition coefficient (Wildman–Crippen LogP) is 7.07. The van der Waals surface area contributed by atoms with Crippen LogP contribution in [0.1, 0.15) is 29.5 Å². The first-order chi connectivity index (χ1) is 21.2. The monoisotopic (exact) mass is 640 g/mol. The molecule has 2 N–H and O–H groups in total. The zero-order valence-electron chi connectivity index (χ0n) is 24.1. The van der Waals surface area contributed by atoms with Crippen LogP contribution in [0.3, 0.4) is 0 Å². The van der Waals surface area contributed by atoms with Crippen LogP contribution >= 0.6 is 23.1 Å². The Balaban J connectivity index is 1.40. The summed E-state index contributed by atoms with van der Waals surface area (Å²) in [5.74, 6) is -0.289. The fraction of sp³-hybridized carbons (Fsp3) is 0.156. The molecule has 2 heterocycles. The van der Waals surface area contributed by atoms with Gasteiger partial charge in [-0.1, -0.05) is 90.2 Å². The van der Waals surface area contributed by atoms with Gasteiger partial charge < -0.3 is 5.32 Å². The van der Waals surface area contributed by atoms with E-state index in [1.807, 2.05) is 74.5 Å². The molecule has 0 aliphatic rings. The van der Waals surface area contributed by atoms with E-state index < -0.39 is 15.3 Å². The number of nitrogens with zero attached hydrogens (tertiary/aromatic N) is 4. The number of thioether (sulfide) groups is 1. The SMILES string of the molecule is CCC(Sc1nc(-c2ccccc2)cc(-c2ccc(C)cc2)c1C#N)C(=O)Nc1ccc(S(=O)(=O)Nc2nnc(C)s2)cc1. The molecule has 0 radical (unpaired) electrons. The van der Waals surface area contributed by atoms with Crippen molar-refractivity contribution in [2.24, 2.45) is 0 Å². The minimum Gasteiger partial charge on any atom is -0.325 e. The summed E-state index contributed by atoms with van der Waals surface area (Å²) in [4.78, 5) is 18.3. The molecule has 44 heavy (non-hydrogen) atoms. The molecule has 12 heteroatoms.